The molecule has 0 aliphatic rings. The predicted octanol–water partition coefficient (Wildman–Crippen LogP) is 2.70. The SMILES string of the molecule is CCNC(=NCCn1cnnc1CC)N(C)Cc1ccc(Br)cc1. The molecule has 0 fully saturated rings. The lowest BCUT2D eigenvalue weighted by Gasteiger charge is -2.22. The maximum atomic E-state index is 4.72. The third-order valence-corrected chi connectivity index (χ3v) is 4.17. The highest BCUT2D eigenvalue weighted by molar-refractivity contribution is 9.10. The molecule has 0 unspecified atom stereocenters. The molecule has 6 nitrogen and oxygen atoms in total. The van der Waals surface area contributed by atoms with E-state index in [2.05, 4.69) is 86.1 Å². The van der Waals surface area contributed by atoms with Crippen molar-refractivity contribution in [3.63, 3.8) is 0 Å². The van der Waals surface area contributed by atoms with Crippen LogP contribution in [0.2, 0.25) is 0 Å². The van der Waals surface area contributed by atoms with Gasteiger partial charge in [-0.05, 0) is 24.6 Å². The lowest BCUT2D eigenvalue weighted by atomic mass is 10.2. The third kappa shape index (κ3) is 5.33. The van der Waals surface area contributed by atoms with Crippen LogP contribution >= 0.6 is 15.9 Å². The minimum Gasteiger partial charge on any atom is -0.357 e. The second kappa shape index (κ2) is 9.42. The Morgan fingerprint density at radius 2 is 2.04 bits per heavy atom. The van der Waals surface area contributed by atoms with Crippen LogP contribution in [0.1, 0.15) is 25.2 Å². The van der Waals surface area contributed by atoms with Gasteiger partial charge in [-0.3, -0.25) is 4.99 Å². The highest BCUT2D eigenvalue weighted by atomic mass is 79.9. The Morgan fingerprint density at radius 1 is 1.29 bits per heavy atom. The van der Waals surface area contributed by atoms with E-state index in [1.165, 1.54) is 5.56 Å². The summed E-state index contributed by atoms with van der Waals surface area (Å²) < 4.78 is 3.15. The first kappa shape index (κ1) is 18.4. The number of aryl methyl sites for hydroxylation is 1. The molecule has 0 spiro atoms. The Morgan fingerprint density at radius 3 is 2.71 bits per heavy atom. The van der Waals surface area contributed by atoms with Gasteiger partial charge >= 0.3 is 0 Å². The van der Waals surface area contributed by atoms with Crippen LogP contribution in [0.25, 0.3) is 0 Å². The van der Waals surface area contributed by atoms with Crippen molar-refractivity contribution < 1.29 is 0 Å². The van der Waals surface area contributed by atoms with Crippen LogP contribution < -0.4 is 5.32 Å². The molecule has 0 aliphatic carbocycles. The molecule has 24 heavy (non-hydrogen) atoms. The molecule has 2 aromatic rings. The van der Waals surface area contributed by atoms with Gasteiger partial charge in [0.05, 0.1) is 6.54 Å². The van der Waals surface area contributed by atoms with Gasteiger partial charge in [0.1, 0.15) is 12.2 Å². The monoisotopic (exact) mass is 392 g/mol. The van der Waals surface area contributed by atoms with Gasteiger partial charge in [-0.15, -0.1) is 10.2 Å². The number of aromatic nitrogens is 3. The normalized spacial score (nSPS) is 11.6. The van der Waals surface area contributed by atoms with Gasteiger partial charge in [-0.25, -0.2) is 0 Å². The summed E-state index contributed by atoms with van der Waals surface area (Å²) in [6.07, 6.45) is 2.65. The minimum absolute atomic E-state index is 0.693. The number of guanidine groups is 1. The minimum atomic E-state index is 0.693. The number of hydrogen-bond donors (Lipinski definition) is 1. The highest BCUT2D eigenvalue weighted by Crippen LogP contribution is 2.11. The Kier molecular flexibility index (Phi) is 7.24. The van der Waals surface area contributed by atoms with Crippen molar-refractivity contribution in [1.29, 1.82) is 0 Å². The summed E-state index contributed by atoms with van der Waals surface area (Å²) in [4.78, 5) is 6.86. The number of nitrogens with zero attached hydrogens (tertiary/aromatic N) is 5. The second-order valence-corrected chi connectivity index (χ2v) is 6.43. The summed E-state index contributed by atoms with van der Waals surface area (Å²) in [5, 5.41) is 11.4. The van der Waals surface area contributed by atoms with Gasteiger partial charge in [0, 0.05) is 37.6 Å². The van der Waals surface area contributed by atoms with Crippen molar-refractivity contribution in [2.75, 3.05) is 20.1 Å². The average molecular weight is 393 g/mol. The maximum absolute atomic E-state index is 4.72. The number of aliphatic imine (C=N–C) groups is 1. The van der Waals surface area contributed by atoms with Crippen LogP contribution in [0.5, 0.6) is 0 Å². The number of benzene rings is 1. The second-order valence-electron chi connectivity index (χ2n) is 5.51. The Bertz CT molecular complexity index is 649. The zero-order valence-corrected chi connectivity index (χ0v) is 16.1. The number of nitrogens with one attached hydrogen (secondary N) is 1. The van der Waals surface area contributed by atoms with E-state index in [4.69, 9.17) is 4.99 Å². The van der Waals surface area contributed by atoms with Crippen molar-refractivity contribution in [1.82, 2.24) is 25.0 Å². The van der Waals surface area contributed by atoms with Gasteiger partial charge in [0.25, 0.3) is 0 Å². The summed E-state index contributed by atoms with van der Waals surface area (Å²) >= 11 is 3.47. The Balaban J connectivity index is 1.97. The highest BCUT2D eigenvalue weighted by Gasteiger charge is 2.07. The third-order valence-electron chi connectivity index (χ3n) is 3.64. The first-order valence-corrected chi connectivity index (χ1v) is 9.03. The molecule has 1 aromatic carbocycles. The van der Waals surface area contributed by atoms with Gasteiger partial charge < -0.3 is 14.8 Å². The summed E-state index contributed by atoms with van der Waals surface area (Å²) in [5.74, 6) is 1.91. The molecule has 130 valence electrons. The molecule has 1 heterocycles. The van der Waals surface area contributed by atoms with Crippen molar-refractivity contribution in [2.45, 2.75) is 33.4 Å². The molecular weight excluding hydrogens is 368 g/mol. The standard InChI is InChI=1S/C17H25BrN6/c1-4-16-22-21-13-24(16)11-10-20-17(19-5-2)23(3)12-14-6-8-15(18)9-7-14/h6-9,13H,4-5,10-12H2,1-3H3,(H,19,20). The quantitative estimate of drug-likeness (QED) is 0.581. The zero-order chi connectivity index (χ0) is 17.4. The van der Waals surface area contributed by atoms with Crippen LogP contribution in [0.4, 0.5) is 0 Å². The zero-order valence-electron chi connectivity index (χ0n) is 14.5. The predicted molar refractivity (Wildman–Crippen MR) is 101 cm³/mol. The molecule has 1 N–H and O–H groups in total. The molecule has 0 aliphatic heterocycles. The molecule has 0 saturated carbocycles. The van der Waals surface area contributed by atoms with Crippen LogP contribution in [0, 0.1) is 0 Å². The number of hydrogen-bond acceptors (Lipinski definition) is 3. The number of halogens is 1. The van der Waals surface area contributed by atoms with Crippen molar-refractivity contribution in [3.8, 4) is 0 Å². The fourth-order valence-corrected chi connectivity index (χ4v) is 2.68. The van der Waals surface area contributed by atoms with E-state index in [1.807, 2.05) is 0 Å². The van der Waals surface area contributed by atoms with E-state index >= 15 is 0 Å². The first-order chi connectivity index (χ1) is 11.6. The van der Waals surface area contributed by atoms with Crippen LogP contribution in [0.15, 0.2) is 40.1 Å². The lowest BCUT2D eigenvalue weighted by Crippen LogP contribution is -2.38. The Hall–Kier alpha value is -1.89. The molecule has 7 heteroatoms. The van der Waals surface area contributed by atoms with E-state index in [9.17, 15) is 0 Å². The fourth-order valence-electron chi connectivity index (χ4n) is 2.41. The molecular formula is C17H25BrN6. The van der Waals surface area contributed by atoms with E-state index < -0.39 is 0 Å². The van der Waals surface area contributed by atoms with Gasteiger partial charge in [0.15, 0.2) is 5.96 Å². The summed E-state index contributed by atoms with van der Waals surface area (Å²) in [5.41, 5.74) is 1.25. The molecule has 0 bridgehead atoms. The largest absolute Gasteiger partial charge is 0.357 e. The average Bonchev–Trinajstić information content (AvgIpc) is 3.03. The molecule has 0 amide bonds. The van der Waals surface area contributed by atoms with Crippen LogP contribution in [-0.2, 0) is 19.5 Å². The van der Waals surface area contributed by atoms with Crippen molar-refractivity contribution >= 4 is 21.9 Å². The van der Waals surface area contributed by atoms with Crippen molar-refractivity contribution in [2.24, 2.45) is 4.99 Å². The van der Waals surface area contributed by atoms with Crippen molar-refractivity contribution in [3.05, 3.63) is 46.5 Å². The number of rotatable bonds is 7. The van der Waals surface area contributed by atoms with Crippen LogP contribution in [0.3, 0.4) is 0 Å². The molecule has 0 saturated heterocycles. The van der Waals surface area contributed by atoms with Crippen LogP contribution in [-0.4, -0.2) is 45.8 Å². The molecule has 1 aromatic heterocycles. The first-order valence-electron chi connectivity index (χ1n) is 8.24. The summed E-state index contributed by atoms with van der Waals surface area (Å²) in [7, 11) is 2.06. The Labute approximate surface area is 152 Å². The van der Waals surface area contributed by atoms with E-state index in [0.29, 0.717) is 6.54 Å². The summed E-state index contributed by atoms with van der Waals surface area (Å²) in [6.45, 7) is 7.30. The van der Waals surface area contributed by atoms with Gasteiger partial charge in [0.2, 0.25) is 0 Å². The van der Waals surface area contributed by atoms with Gasteiger partial charge in [-0.2, -0.15) is 0 Å². The van der Waals surface area contributed by atoms with Gasteiger partial charge in [-0.1, -0.05) is 35.0 Å². The smallest absolute Gasteiger partial charge is 0.194 e. The fraction of sp³-hybridized carbons (Fsp3) is 0.471. The maximum Gasteiger partial charge on any atom is 0.194 e. The van der Waals surface area contributed by atoms with E-state index in [1.54, 1.807) is 6.33 Å². The van der Waals surface area contributed by atoms with E-state index in [0.717, 1.165) is 42.3 Å². The molecule has 0 atom stereocenters. The molecule has 2 rings (SSSR count). The topological polar surface area (TPSA) is 58.3 Å². The lowest BCUT2D eigenvalue weighted by molar-refractivity contribution is 0.475. The van der Waals surface area contributed by atoms with E-state index in [-0.39, 0.29) is 0 Å². The summed E-state index contributed by atoms with van der Waals surface area (Å²) in [6, 6.07) is 8.36. The molecule has 0 radical (unpaired) electrons.